The lowest BCUT2D eigenvalue weighted by atomic mass is 9.81. The molecule has 148 valence electrons. The molecule has 0 spiro atoms. The summed E-state index contributed by atoms with van der Waals surface area (Å²) in [6.45, 7) is 4.12. The smallest absolute Gasteiger partial charge is 0.227 e. The molecular weight excluding hydrogens is 348 g/mol. The third-order valence-electron chi connectivity index (χ3n) is 5.76. The van der Waals surface area contributed by atoms with Crippen molar-refractivity contribution in [2.24, 2.45) is 11.8 Å². The quantitative estimate of drug-likeness (QED) is 0.753. The van der Waals surface area contributed by atoms with E-state index in [-0.39, 0.29) is 29.7 Å². The van der Waals surface area contributed by atoms with Crippen LogP contribution >= 0.6 is 0 Å². The van der Waals surface area contributed by atoms with Gasteiger partial charge in [-0.05, 0) is 62.3 Å². The largest absolute Gasteiger partial charge is 0.349 e. The second-order valence-corrected chi connectivity index (χ2v) is 7.73. The fourth-order valence-electron chi connectivity index (χ4n) is 3.84. The molecule has 1 aliphatic rings. The molecule has 1 aliphatic carbocycles. The Kier molecular flexibility index (Phi) is 6.85. The Morgan fingerprint density at radius 3 is 2.04 bits per heavy atom. The van der Waals surface area contributed by atoms with Crippen molar-refractivity contribution in [2.45, 2.75) is 52.0 Å². The number of hydrogen-bond donors (Lipinski definition) is 2. The summed E-state index contributed by atoms with van der Waals surface area (Å²) in [6, 6.07) is 18.0. The first kappa shape index (κ1) is 20.1. The van der Waals surface area contributed by atoms with E-state index in [9.17, 15) is 9.59 Å². The van der Waals surface area contributed by atoms with Gasteiger partial charge in [0, 0.05) is 17.5 Å². The van der Waals surface area contributed by atoms with Gasteiger partial charge in [-0.1, -0.05) is 49.4 Å². The predicted octanol–water partition coefficient (Wildman–Crippen LogP) is 4.87. The minimum atomic E-state index is -0.0125. The number of rotatable bonds is 6. The zero-order valence-electron chi connectivity index (χ0n) is 16.8. The fourth-order valence-corrected chi connectivity index (χ4v) is 3.84. The van der Waals surface area contributed by atoms with E-state index in [4.69, 9.17) is 0 Å². The second kappa shape index (κ2) is 9.54. The van der Waals surface area contributed by atoms with Crippen LogP contribution in [0.2, 0.25) is 0 Å². The molecular formula is C24H30N2O2. The SMILES string of the molecule is CCc1ccc(NC(=O)C2CCC(C(=O)NC(C)c3ccccc3)CC2)cc1. The lowest BCUT2D eigenvalue weighted by molar-refractivity contribution is -0.129. The Morgan fingerprint density at radius 1 is 0.893 bits per heavy atom. The lowest BCUT2D eigenvalue weighted by Crippen LogP contribution is -2.36. The summed E-state index contributed by atoms with van der Waals surface area (Å²) in [4.78, 5) is 25.1. The molecule has 4 nitrogen and oxygen atoms in total. The topological polar surface area (TPSA) is 58.2 Å². The van der Waals surface area contributed by atoms with Crippen molar-refractivity contribution in [3.05, 3.63) is 65.7 Å². The van der Waals surface area contributed by atoms with Crippen molar-refractivity contribution >= 4 is 17.5 Å². The van der Waals surface area contributed by atoms with E-state index in [1.807, 2.05) is 61.5 Å². The molecule has 1 atom stereocenters. The molecule has 0 radical (unpaired) electrons. The normalized spacial score (nSPS) is 20.2. The van der Waals surface area contributed by atoms with Crippen molar-refractivity contribution in [3.63, 3.8) is 0 Å². The first-order chi connectivity index (χ1) is 13.6. The van der Waals surface area contributed by atoms with Gasteiger partial charge in [-0.2, -0.15) is 0 Å². The highest BCUT2D eigenvalue weighted by molar-refractivity contribution is 5.92. The molecule has 28 heavy (non-hydrogen) atoms. The summed E-state index contributed by atoms with van der Waals surface area (Å²) >= 11 is 0. The Balaban J connectivity index is 1.46. The van der Waals surface area contributed by atoms with Crippen LogP contribution in [0.4, 0.5) is 5.69 Å². The first-order valence-electron chi connectivity index (χ1n) is 10.3. The molecule has 0 heterocycles. The molecule has 1 unspecified atom stereocenters. The zero-order chi connectivity index (χ0) is 19.9. The van der Waals surface area contributed by atoms with Crippen LogP contribution in [0.3, 0.4) is 0 Å². The zero-order valence-corrected chi connectivity index (χ0v) is 16.8. The van der Waals surface area contributed by atoms with Crippen molar-refractivity contribution in [3.8, 4) is 0 Å². The summed E-state index contributed by atoms with van der Waals surface area (Å²) in [5, 5.41) is 6.14. The van der Waals surface area contributed by atoms with Crippen LogP contribution < -0.4 is 10.6 Å². The van der Waals surface area contributed by atoms with E-state index in [0.717, 1.165) is 43.4 Å². The molecule has 2 amide bonds. The van der Waals surface area contributed by atoms with Crippen LogP contribution in [0, 0.1) is 11.8 Å². The highest BCUT2D eigenvalue weighted by atomic mass is 16.2. The summed E-state index contributed by atoms with van der Waals surface area (Å²) in [5.74, 6) is 0.159. The summed E-state index contributed by atoms with van der Waals surface area (Å²) in [5.41, 5.74) is 3.21. The molecule has 2 aromatic rings. The van der Waals surface area contributed by atoms with Gasteiger partial charge in [0.1, 0.15) is 0 Å². The van der Waals surface area contributed by atoms with Gasteiger partial charge in [-0.15, -0.1) is 0 Å². The van der Waals surface area contributed by atoms with E-state index in [2.05, 4.69) is 17.6 Å². The molecule has 1 fully saturated rings. The van der Waals surface area contributed by atoms with Crippen molar-refractivity contribution in [1.29, 1.82) is 0 Å². The van der Waals surface area contributed by atoms with Crippen LogP contribution in [-0.2, 0) is 16.0 Å². The van der Waals surface area contributed by atoms with Crippen LogP contribution in [0.15, 0.2) is 54.6 Å². The van der Waals surface area contributed by atoms with E-state index in [0.29, 0.717) is 0 Å². The van der Waals surface area contributed by atoms with Crippen LogP contribution in [0.5, 0.6) is 0 Å². The van der Waals surface area contributed by atoms with Gasteiger partial charge in [-0.3, -0.25) is 9.59 Å². The Labute approximate surface area is 167 Å². The van der Waals surface area contributed by atoms with Crippen LogP contribution in [0.25, 0.3) is 0 Å². The summed E-state index contributed by atoms with van der Waals surface area (Å²) in [6.07, 6.45) is 4.04. The van der Waals surface area contributed by atoms with Crippen LogP contribution in [0.1, 0.15) is 56.7 Å². The number of nitrogens with one attached hydrogen (secondary N) is 2. The Morgan fingerprint density at radius 2 is 1.46 bits per heavy atom. The standard InChI is InChI=1S/C24H30N2O2/c1-3-18-9-15-22(16-10-18)26-24(28)21-13-11-20(12-14-21)23(27)25-17(2)19-7-5-4-6-8-19/h4-10,15-17,20-21H,3,11-14H2,1-2H3,(H,25,27)(H,26,28). The molecule has 4 heteroatoms. The highest BCUT2D eigenvalue weighted by Gasteiger charge is 2.30. The molecule has 2 aromatic carbocycles. The van der Waals surface area contributed by atoms with E-state index >= 15 is 0 Å². The minimum absolute atomic E-state index is 0.000754. The third kappa shape index (κ3) is 5.22. The molecule has 0 saturated heterocycles. The minimum Gasteiger partial charge on any atom is -0.349 e. The number of benzene rings is 2. The number of hydrogen-bond acceptors (Lipinski definition) is 2. The summed E-state index contributed by atoms with van der Waals surface area (Å²) in [7, 11) is 0. The molecule has 0 aromatic heterocycles. The van der Waals surface area contributed by atoms with Gasteiger partial charge >= 0.3 is 0 Å². The average Bonchev–Trinajstić information content (AvgIpc) is 2.75. The number of carbonyl (C=O) groups excluding carboxylic acids is 2. The number of anilines is 1. The predicted molar refractivity (Wildman–Crippen MR) is 113 cm³/mol. The maximum atomic E-state index is 12.6. The Hall–Kier alpha value is -2.62. The average molecular weight is 379 g/mol. The van der Waals surface area contributed by atoms with Gasteiger partial charge < -0.3 is 10.6 Å². The lowest BCUT2D eigenvalue weighted by Gasteiger charge is -2.28. The van der Waals surface area contributed by atoms with Gasteiger partial charge in [0.15, 0.2) is 0 Å². The third-order valence-corrected chi connectivity index (χ3v) is 5.76. The fraction of sp³-hybridized carbons (Fsp3) is 0.417. The van der Waals surface area contributed by atoms with Crippen molar-refractivity contribution in [2.75, 3.05) is 5.32 Å². The Bertz CT molecular complexity index is 778. The van der Waals surface area contributed by atoms with Gasteiger partial charge in [0.05, 0.1) is 6.04 Å². The molecule has 0 aliphatic heterocycles. The van der Waals surface area contributed by atoms with Crippen molar-refractivity contribution in [1.82, 2.24) is 5.32 Å². The highest BCUT2D eigenvalue weighted by Crippen LogP contribution is 2.30. The number of amides is 2. The van der Waals surface area contributed by atoms with Crippen LogP contribution in [-0.4, -0.2) is 11.8 Å². The van der Waals surface area contributed by atoms with Gasteiger partial charge in [0.2, 0.25) is 11.8 Å². The monoisotopic (exact) mass is 378 g/mol. The molecule has 0 bridgehead atoms. The summed E-state index contributed by atoms with van der Waals surface area (Å²) < 4.78 is 0. The van der Waals surface area contributed by atoms with Gasteiger partial charge in [-0.25, -0.2) is 0 Å². The maximum Gasteiger partial charge on any atom is 0.227 e. The first-order valence-corrected chi connectivity index (χ1v) is 10.3. The number of carbonyl (C=O) groups is 2. The maximum absolute atomic E-state index is 12.6. The second-order valence-electron chi connectivity index (χ2n) is 7.73. The van der Waals surface area contributed by atoms with E-state index < -0.39 is 0 Å². The molecule has 1 saturated carbocycles. The molecule has 2 N–H and O–H groups in total. The van der Waals surface area contributed by atoms with Crippen molar-refractivity contribution < 1.29 is 9.59 Å². The van der Waals surface area contributed by atoms with Gasteiger partial charge in [0.25, 0.3) is 0 Å². The molecule has 3 rings (SSSR count). The van der Waals surface area contributed by atoms with E-state index in [1.165, 1.54) is 5.56 Å². The number of aryl methyl sites for hydroxylation is 1. The van der Waals surface area contributed by atoms with E-state index in [1.54, 1.807) is 0 Å².